The molecule has 0 aliphatic heterocycles. The van der Waals surface area contributed by atoms with Gasteiger partial charge in [-0.15, -0.1) is 0 Å². The average Bonchev–Trinajstić information content (AvgIpc) is 1.66. The molecule has 0 aromatic rings. The minimum Gasteiger partial charge on any atom is -0.428 e. The minimum absolute atomic E-state index is 0.478. The van der Waals surface area contributed by atoms with Gasteiger partial charge in [-0.05, 0) is 6.04 Å². The summed E-state index contributed by atoms with van der Waals surface area (Å²) in [5, 5.41) is 7.92. The number of hydrogen-bond donors (Lipinski definition) is 0. The number of nitrogens with zero attached hydrogens (tertiary/aromatic N) is 1. The summed E-state index contributed by atoms with van der Waals surface area (Å²) in [4.78, 5) is 0. The molecule has 2 nitrogen and oxygen atoms in total. The molecule has 0 saturated heterocycles. The lowest BCUT2D eigenvalue weighted by Gasteiger charge is -1.97. The van der Waals surface area contributed by atoms with E-state index in [4.69, 9.17) is 5.26 Å². The first-order valence-corrected chi connectivity index (χ1v) is 5.91. The molecular formula is C5H11NOSi. The molecule has 0 aliphatic rings. The molecule has 46 valence electrons. The van der Waals surface area contributed by atoms with Crippen LogP contribution in [0.25, 0.3) is 0 Å². The SMILES string of the molecule is C[SiH](C)CCOC#N. The molecule has 0 atom stereocenters. The molecule has 0 amide bonds. The summed E-state index contributed by atoms with van der Waals surface area (Å²) < 4.78 is 4.48. The van der Waals surface area contributed by atoms with Crippen LogP contribution in [0.4, 0.5) is 0 Å². The van der Waals surface area contributed by atoms with E-state index < -0.39 is 8.80 Å². The molecule has 0 aromatic heterocycles. The molecule has 0 heterocycles. The highest BCUT2D eigenvalue weighted by molar-refractivity contribution is 6.55. The van der Waals surface area contributed by atoms with E-state index >= 15 is 0 Å². The van der Waals surface area contributed by atoms with E-state index in [9.17, 15) is 0 Å². The minimum atomic E-state index is -0.478. The quantitative estimate of drug-likeness (QED) is 0.323. The van der Waals surface area contributed by atoms with Gasteiger partial charge in [-0.2, -0.15) is 5.26 Å². The second-order valence-corrected chi connectivity index (χ2v) is 5.49. The Morgan fingerprint density at radius 1 is 1.62 bits per heavy atom. The van der Waals surface area contributed by atoms with Crippen LogP contribution in [0, 0.1) is 11.5 Å². The van der Waals surface area contributed by atoms with Crippen molar-refractivity contribution in [2.75, 3.05) is 6.61 Å². The normalized spacial score (nSPS) is 8.75. The van der Waals surface area contributed by atoms with Gasteiger partial charge in [0.15, 0.2) is 0 Å². The van der Waals surface area contributed by atoms with Crippen LogP contribution in [-0.4, -0.2) is 15.4 Å². The zero-order valence-electron chi connectivity index (χ0n) is 5.35. The highest BCUT2D eigenvalue weighted by Gasteiger charge is 1.93. The molecule has 0 unspecified atom stereocenters. The van der Waals surface area contributed by atoms with Gasteiger partial charge in [-0.1, -0.05) is 13.1 Å². The van der Waals surface area contributed by atoms with Crippen LogP contribution in [0.5, 0.6) is 0 Å². The first kappa shape index (κ1) is 7.51. The Hall–Kier alpha value is -0.493. The Bertz CT molecular complexity index is 86.9. The summed E-state index contributed by atoms with van der Waals surface area (Å²) in [6, 6.07) is 1.10. The maximum Gasteiger partial charge on any atom is 0.286 e. The number of rotatable bonds is 3. The standard InChI is InChI=1S/C5H11NOSi/c1-8(2)4-3-7-5-6/h8H,3-4H2,1-2H3. The van der Waals surface area contributed by atoms with E-state index in [1.54, 1.807) is 6.26 Å². The summed E-state index contributed by atoms with van der Waals surface area (Å²) >= 11 is 0. The number of nitriles is 1. The molecule has 0 radical (unpaired) electrons. The second-order valence-electron chi connectivity index (χ2n) is 2.12. The maximum atomic E-state index is 7.92. The number of hydrogen-bond acceptors (Lipinski definition) is 2. The molecule has 0 fully saturated rings. The Morgan fingerprint density at radius 3 is 2.62 bits per heavy atom. The lowest BCUT2D eigenvalue weighted by molar-refractivity contribution is 0.290. The van der Waals surface area contributed by atoms with Gasteiger partial charge in [0, 0.05) is 8.80 Å². The van der Waals surface area contributed by atoms with Crippen LogP contribution in [0.3, 0.4) is 0 Å². The predicted molar refractivity (Wildman–Crippen MR) is 35.2 cm³/mol. The van der Waals surface area contributed by atoms with Crippen molar-refractivity contribution in [1.29, 1.82) is 5.26 Å². The molecule has 0 aromatic carbocycles. The smallest absolute Gasteiger partial charge is 0.286 e. The Labute approximate surface area is 51.7 Å². The summed E-state index contributed by atoms with van der Waals surface area (Å²) in [5.74, 6) is 0. The highest BCUT2D eigenvalue weighted by Crippen LogP contribution is 1.89. The highest BCUT2D eigenvalue weighted by atomic mass is 28.3. The van der Waals surface area contributed by atoms with Gasteiger partial charge >= 0.3 is 0 Å². The van der Waals surface area contributed by atoms with Crippen molar-refractivity contribution in [2.24, 2.45) is 0 Å². The average molecular weight is 129 g/mol. The fraction of sp³-hybridized carbons (Fsp3) is 0.800. The van der Waals surface area contributed by atoms with Gasteiger partial charge in [0.1, 0.15) is 0 Å². The zero-order chi connectivity index (χ0) is 6.41. The summed E-state index contributed by atoms with van der Waals surface area (Å²) in [5.41, 5.74) is 0. The number of ether oxygens (including phenoxy) is 1. The van der Waals surface area contributed by atoms with E-state index in [0.29, 0.717) is 6.61 Å². The van der Waals surface area contributed by atoms with Crippen LogP contribution in [0.15, 0.2) is 0 Å². The van der Waals surface area contributed by atoms with Gasteiger partial charge in [0.05, 0.1) is 6.61 Å². The van der Waals surface area contributed by atoms with Crippen molar-refractivity contribution < 1.29 is 4.74 Å². The lowest BCUT2D eigenvalue weighted by atomic mass is 10.9. The molecule has 0 aliphatic carbocycles. The van der Waals surface area contributed by atoms with Crippen LogP contribution in [0.2, 0.25) is 19.1 Å². The van der Waals surface area contributed by atoms with Gasteiger partial charge in [0.25, 0.3) is 6.26 Å². The first-order valence-electron chi connectivity index (χ1n) is 2.78. The van der Waals surface area contributed by atoms with Crippen molar-refractivity contribution in [3.63, 3.8) is 0 Å². The van der Waals surface area contributed by atoms with Crippen LogP contribution in [-0.2, 0) is 4.74 Å². The fourth-order valence-electron chi connectivity index (χ4n) is 0.340. The van der Waals surface area contributed by atoms with Crippen LogP contribution in [0.1, 0.15) is 0 Å². The monoisotopic (exact) mass is 129 g/mol. The summed E-state index contributed by atoms with van der Waals surface area (Å²) in [6.45, 7) is 5.10. The predicted octanol–water partition coefficient (Wildman–Crippen LogP) is 0.971. The third-order valence-electron chi connectivity index (χ3n) is 0.862. The molecule has 0 saturated carbocycles. The van der Waals surface area contributed by atoms with E-state index in [1.165, 1.54) is 0 Å². The van der Waals surface area contributed by atoms with Gasteiger partial charge in [-0.25, -0.2) is 0 Å². The van der Waals surface area contributed by atoms with E-state index in [-0.39, 0.29) is 0 Å². The van der Waals surface area contributed by atoms with Gasteiger partial charge < -0.3 is 4.74 Å². The van der Waals surface area contributed by atoms with E-state index in [2.05, 4.69) is 17.8 Å². The second kappa shape index (κ2) is 4.66. The molecule has 3 heteroatoms. The third-order valence-corrected chi connectivity index (χ3v) is 2.25. The molecular weight excluding hydrogens is 118 g/mol. The Kier molecular flexibility index (Phi) is 4.37. The Balaban J connectivity index is 2.85. The third kappa shape index (κ3) is 5.51. The topological polar surface area (TPSA) is 33.0 Å². The molecule has 8 heavy (non-hydrogen) atoms. The fourth-order valence-corrected chi connectivity index (χ4v) is 0.930. The van der Waals surface area contributed by atoms with Crippen molar-refractivity contribution in [1.82, 2.24) is 0 Å². The largest absolute Gasteiger partial charge is 0.428 e. The van der Waals surface area contributed by atoms with Crippen molar-refractivity contribution in [3.05, 3.63) is 0 Å². The maximum absolute atomic E-state index is 7.92. The van der Waals surface area contributed by atoms with Crippen molar-refractivity contribution in [2.45, 2.75) is 19.1 Å². The first-order chi connectivity index (χ1) is 3.77. The summed E-state index contributed by atoms with van der Waals surface area (Å²) in [7, 11) is -0.478. The van der Waals surface area contributed by atoms with E-state index in [0.717, 1.165) is 6.04 Å². The molecule has 0 N–H and O–H groups in total. The zero-order valence-corrected chi connectivity index (χ0v) is 6.50. The van der Waals surface area contributed by atoms with E-state index in [1.807, 2.05) is 0 Å². The summed E-state index contributed by atoms with van der Waals surface area (Å²) in [6.07, 6.45) is 1.65. The molecule has 0 rings (SSSR count). The van der Waals surface area contributed by atoms with Gasteiger partial charge in [0.2, 0.25) is 0 Å². The van der Waals surface area contributed by atoms with Crippen molar-refractivity contribution >= 4 is 8.80 Å². The van der Waals surface area contributed by atoms with Crippen LogP contribution < -0.4 is 0 Å². The van der Waals surface area contributed by atoms with Crippen LogP contribution >= 0.6 is 0 Å². The molecule has 0 spiro atoms. The molecule has 0 bridgehead atoms. The van der Waals surface area contributed by atoms with Crippen molar-refractivity contribution in [3.8, 4) is 6.26 Å². The van der Waals surface area contributed by atoms with Gasteiger partial charge in [-0.3, -0.25) is 0 Å². The Morgan fingerprint density at radius 2 is 2.25 bits per heavy atom. The lowest BCUT2D eigenvalue weighted by Crippen LogP contribution is -2.02.